The summed E-state index contributed by atoms with van der Waals surface area (Å²) < 4.78 is 31.1. The lowest BCUT2D eigenvalue weighted by Crippen LogP contribution is -2.27. The number of sulfonamides is 1. The Bertz CT molecular complexity index is 861. The zero-order valence-electron chi connectivity index (χ0n) is 14.4. The molecule has 1 aliphatic heterocycles. The van der Waals surface area contributed by atoms with Crippen molar-refractivity contribution in [3.05, 3.63) is 47.7 Å². The first kappa shape index (κ1) is 18.3. The summed E-state index contributed by atoms with van der Waals surface area (Å²) in [5.74, 6) is -0.0368. The van der Waals surface area contributed by atoms with Gasteiger partial charge in [0.2, 0.25) is 10.0 Å². The predicted molar refractivity (Wildman–Crippen MR) is 95.1 cm³/mol. The fourth-order valence-electron chi connectivity index (χ4n) is 2.69. The van der Waals surface area contributed by atoms with Gasteiger partial charge in [0.15, 0.2) is 5.69 Å². The molecule has 0 radical (unpaired) electrons. The molecule has 1 saturated heterocycles. The van der Waals surface area contributed by atoms with Crippen molar-refractivity contribution in [1.29, 1.82) is 0 Å². The van der Waals surface area contributed by atoms with Gasteiger partial charge in [0, 0.05) is 19.6 Å². The fraction of sp³-hybridized carbons (Fsp3) is 0.353. The van der Waals surface area contributed by atoms with Crippen LogP contribution in [0.4, 0.5) is 5.82 Å². The highest BCUT2D eigenvalue weighted by Gasteiger charge is 2.26. The second-order valence-electron chi connectivity index (χ2n) is 5.90. The zero-order chi connectivity index (χ0) is 18.6. The molecule has 0 spiro atoms. The fourth-order valence-corrected chi connectivity index (χ4v) is 4.21. The number of nitrogens with one attached hydrogen (secondary N) is 1. The number of carbonyl (C=O) groups excluding carboxylic acids is 1. The molecule has 0 bridgehead atoms. The number of carbonyl (C=O) groups is 1. The molecule has 0 aliphatic carbocycles. The van der Waals surface area contributed by atoms with E-state index in [-0.39, 0.29) is 5.69 Å². The number of esters is 1. The summed E-state index contributed by atoms with van der Waals surface area (Å²) in [4.78, 5) is 11.6. The lowest BCUT2D eigenvalue weighted by atomic mass is 10.2. The number of methoxy groups -OCH3 is 1. The molecule has 26 heavy (non-hydrogen) atoms. The van der Waals surface area contributed by atoms with Gasteiger partial charge >= 0.3 is 5.97 Å². The number of hydrogen-bond acceptors (Lipinski definition) is 7. The molecular formula is C17H20N4O4S. The third-order valence-corrected chi connectivity index (χ3v) is 6.07. The second kappa shape index (κ2) is 7.79. The van der Waals surface area contributed by atoms with E-state index >= 15 is 0 Å². The van der Waals surface area contributed by atoms with Crippen LogP contribution in [0.3, 0.4) is 0 Å². The van der Waals surface area contributed by atoms with Gasteiger partial charge in [0.25, 0.3) is 0 Å². The molecule has 9 heteroatoms. The predicted octanol–water partition coefficient (Wildman–Crippen LogP) is 1.66. The van der Waals surface area contributed by atoms with Gasteiger partial charge in [-0.25, -0.2) is 13.2 Å². The van der Waals surface area contributed by atoms with E-state index in [2.05, 4.69) is 20.3 Å². The van der Waals surface area contributed by atoms with Gasteiger partial charge in [-0.3, -0.25) is 0 Å². The largest absolute Gasteiger partial charge is 0.464 e. The Labute approximate surface area is 152 Å². The molecular weight excluding hydrogens is 356 g/mol. The number of ether oxygens (including phenoxy) is 1. The van der Waals surface area contributed by atoms with Crippen LogP contribution in [-0.2, 0) is 21.3 Å². The molecule has 2 aromatic rings. The maximum absolute atomic E-state index is 12.5. The molecule has 0 amide bonds. The Kier molecular flexibility index (Phi) is 5.48. The maximum atomic E-state index is 12.5. The van der Waals surface area contributed by atoms with Crippen LogP contribution in [0.15, 0.2) is 41.3 Å². The van der Waals surface area contributed by atoms with Gasteiger partial charge in [-0.05, 0) is 42.7 Å². The molecule has 0 unspecified atom stereocenters. The van der Waals surface area contributed by atoms with Crippen molar-refractivity contribution in [2.75, 3.05) is 25.5 Å². The molecule has 0 saturated carbocycles. The first-order valence-corrected chi connectivity index (χ1v) is 9.70. The summed E-state index contributed by atoms with van der Waals surface area (Å²) in [6, 6.07) is 9.93. The highest BCUT2D eigenvalue weighted by molar-refractivity contribution is 7.89. The topological polar surface area (TPSA) is 101 Å². The van der Waals surface area contributed by atoms with E-state index in [4.69, 9.17) is 0 Å². The van der Waals surface area contributed by atoms with Crippen LogP contribution >= 0.6 is 0 Å². The number of nitrogens with zero attached hydrogens (tertiary/aromatic N) is 3. The third kappa shape index (κ3) is 4.00. The highest BCUT2D eigenvalue weighted by atomic mass is 32.2. The summed E-state index contributed by atoms with van der Waals surface area (Å²) in [5.41, 5.74) is 1.04. The molecule has 8 nitrogen and oxygen atoms in total. The molecule has 1 aliphatic rings. The first-order chi connectivity index (χ1) is 12.5. The van der Waals surface area contributed by atoms with Crippen LogP contribution < -0.4 is 5.32 Å². The summed E-state index contributed by atoms with van der Waals surface area (Å²) in [7, 11) is -2.11. The minimum absolute atomic E-state index is 0.134. The Morgan fingerprint density at radius 1 is 1.12 bits per heavy atom. The number of rotatable bonds is 6. The van der Waals surface area contributed by atoms with Gasteiger partial charge in [0.05, 0.1) is 12.0 Å². The number of hydrogen-bond donors (Lipinski definition) is 1. The van der Waals surface area contributed by atoms with Crippen molar-refractivity contribution in [1.82, 2.24) is 14.5 Å². The van der Waals surface area contributed by atoms with Crippen molar-refractivity contribution in [3.63, 3.8) is 0 Å². The maximum Gasteiger partial charge on any atom is 0.358 e. The van der Waals surface area contributed by atoms with Crippen molar-refractivity contribution in [2.24, 2.45) is 0 Å². The SMILES string of the molecule is COC(=O)c1ccc(NCc2ccc(S(=O)(=O)N3CCCC3)cc2)nn1. The van der Waals surface area contributed by atoms with E-state index in [9.17, 15) is 13.2 Å². The number of benzene rings is 1. The quantitative estimate of drug-likeness (QED) is 0.765. The lowest BCUT2D eigenvalue weighted by Gasteiger charge is -2.15. The van der Waals surface area contributed by atoms with Crippen molar-refractivity contribution >= 4 is 21.8 Å². The first-order valence-electron chi connectivity index (χ1n) is 8.26. The van der Waals surface area contributed by atoms with Crippen molar-refractivity contribution in [3.8, 4) is 0 Å². The van der Waals surface area contributed by atoms with E-state index in [0.717, 1.165) is 18.4 Å². The Hall–Kier alpha value is -2.52. The Morgan fingerprint density at radius 2 is 1.81 bits per heavy atom. The van der Waals surface area contributed by atoms with Gasteiger partial charge in [-0.1, -0.05) is 12.1 Å². The van der Waals surface area contributed by atoms with E-state index in [1.807, 2.05) is 0 Å². The van der Waals surface area contributed by atoms with Crippen LogP contribution in [0.5, 0.6) is 0 Å². The number of aromatic nitrogens is 2. The minimum atomic E-state index is -3.39. The summed E-state index contributed by atoms with van der Waals surface area (Å²) in [6.45, 7) is 1.63. The summed E-state index contributed by atoms with van der Waals surface area (Å²) >= 11 is 0. The molecule has 1 fully saturated rings. The molecule has 2 heterocycles. The Balaban J connectivity index is 1.62. The van der Waals surface area contributed by atoms with Crippen LogP contribution in [0.1, 0.15) is 28.9 Å². The van der Waals surface area contributed by atoms with Crippen LogP contribution in [0.2, 0.25) is 0 Å². The molecule has 1 aromatic heterocycles. The smallest absolute Gasteiger partial charge is 0.358 e. The van der Waals surface area contributed by atoms with Crippen molar-refractivity contribution < 1.29 is 17.9 Å². The van der Waals surface area contributed by atoms with Gasteiger partial charge in [0.1, 0.15) is 5.82 Å². The van der Waals surface area contributed by atoms with Crippen molar-refractivity contribution in [2.45, 2.75) is 24.3 Å². The Morgan fingerprint density at radius 3 is 2.38 bits per heavy atom. The van der Waals surface area contributed by atoms with E-state index in [1.165, 1.54) is 17.5 Å². The van der Waals surface area contributed by atoms with E-state index in [0.29, 0.717) is 30.3 Å². The summed E-state index contributed by atoms with van der Waals surface area (Å²) in [6.07, 6.45) is 1.83. The monoisotopic (exact) mass is 376 g/mol. The lowest BCUT2D eigenvalue weighted by molar-refractivity contribution is 0.0592. The van der Waals surface area contributed by atoms with E-state index < -0.39 is 16.0 Å². The standard InChI is InChI=1S/C17H20N4O4S/c1-25-17(22)15-8-9-16(20-19-15)18-12-13-4-6-14(7-5-13)26(23,24)21-10-2-3-11-21/h4-9H,2-3,10-12H2,1H3,(H,18,20). The van der Waals surface area contributed by atoms with E-state index in [1.54, 1.807) is 30.3 Å². The van der Waals surface area contributed by atoms with Crippen LogP contribution in [-0.4, -0.2) is 49.1 Å². The zero-order valence-corrected chi connectivity index (χ0v) is 15.2. The van der Waals surface area contributed by atoms with Gasteiger partial charge in [-0.2, -0.15) is 4.31 Å². The second-order valence-corrected chi connectivity index (χ2v) is 7.84. The average molecular weight is 376 g/mol. The highest BCUT2D eigenvalue weighted by Crippen LogP contribution is 2.21. The minimum Gasteiger partial charge on any atom is -0.464 e. The molecule has 1 N–H and O–H groups in total. The average Bonchev–Trinajstić information content (AvgIpc) is 3.22. The van der Waals surface area contributed by atoms with Gasteiger partial charge < -0.3 is 10.1 Å². The summed E-state index contributed by atoms with van der Waals surface area (Å²) in [5, 5.41) is 10.8. The molecule has 0 atom stereocenters. The normalized spacial score (nSPS) is 15.0. The molecule has 138 valence electrons. The molecule has 3 rings (SSSR count). The van der Waals surface area contributed by atoms with Crippen LogP contribution in [0, 0.1) is 0 Å². The third-order valence-electron chi connectivity index (χ3n) is 4.16. The molecule has 1 aromatic carbocycles. The van der Waals surface area contributed by atoms with Crippen LogP contribution in [0.25, 0.3) is 0 Å². The number of anilines is 1. The van der Waals surface area contributed by atoms with Gasteiger partial charge in [-0.15, -0.1) is 10.2 Å².